The molecule has 0 unspecified atom stereocenters. The fourth-order valence-corrected chi connectivity index (χ4v) is 1.23. The van der Waals surface area contributed by atoms with Gasteiger partial charge in [-0.25, -0.2) is 0 Å². The smallest absolute Gasteiger partial charge is 0.352 e. The number of hydrogen-bond donors (Lipinski definition) is 1. The highest BCUT2D eigenvalue weighted by atomic mass is 16.6. The number of ether oxygens (including phenoxy) is 2. The van der Waals surface area contributed by atoms with Crippen LogP contribution >= 0.6 is 0 Å². The highest BCUT2D eigenvalue weighted by Gasteiger charge is 2.21. The van der Waals surface area contributed by atoms with E-state index in [0.717, 1.165) is 0 Å². The summed E-state index contributed by atoms with van der Waals surface area (Å²) in [7, 11) is 3.17. The molecule has 1 N–H and O–H groups in total. The van der Waals surface area contributed by atoms with E-state index in [2.05, 4.69) is 5.32 Å². The zero-order chi connectivity index (χ0) is 12.0. The van der Waals surface area contributed by atoms with E-state index in [1.165, 1.54) is 13.2 Å². The standard InChI is InChI=1S/C10H14N2O4/c1-11-6-7-16-9-5-3-4-8(15-2)10(9)12(13)14/h3-5,11H,6-7H2,1-2H3. The molecule has 1 aromatic carbocycles. The van der Waals surface area contributed by atoms with Gasteiger partial charge in [0.05, 0.1) is 12.0 Å². The van der Waals surface area contributed by atoms with Crippen molar-refractivity contribution in [3.05, 3.63) is 28.3 Å². The Bertz CT molecular complexity index is 368. The fourth-order valence-electron chi connectivity index (χ4n) is 1.23. The molecule has 0 amide bonds. The Morgan fingerprint density at radius 1 is 1.44 bits per heavy atom. The normalized spacial score (nSPS) is 9.88. The van der Waals surface area contributed by atoms with Gasteiger partial charge in [-0.1, -0.05) is 6.07 Å². The van der Waals surface area contributed by atoms with Crippen LogP contribution in [0.1, 0.15) is 0 Å². The number of hydrogen-bond acceptors (Lipinski definition) is 5. The van der Waals surface area contributed by atoms with E-state index in [-0.39, 0.29) is 17.2 Å². The zero-order valence-corrected chi connectivity index (χ0v) is 9.23. The predicted molar refractivity (Wildman–Crippen MR) is 59.1 cm³/mol. The monoisotopic (exact) mass is 226 g/mol. The van der Waals surface area contributed by atoms with Crippen LogP contribution in [0, 0.1) is 10.1 Å². The van der Waals surface area contributed by atoms with Crippen molar-refractivity contribution in [2.24, 2.45) is 0 Å². The van der Waals surface area contributed by atoms with E-state index < -0.39 is 4.92 Å². The molecule has 6 heteroatoms. The molecule has 1 aromatic rings. The first-order valence-electron chi connectivity index (χ1n) is 4.79. The molecular weight excluding hydrogens is 212 g/mol. The minimum absolute atomic E-state index is 0.138. The zero-order valence-electron chi connectivity index (χ0n) is 9.23. The number of benzene rings is 1. The van der Waals surface area contributed by atoms with Crippen molar-refractivity contribution >= 4 is 5.69 Å². The summed E-state index contributed by atoms with van der Waals surface area (Å²) in [5.74, 6) is 0.423. The number of nitro benzene ring substituents is 1. The van der Waals surface area contributed by atoms with Crippen LogP contribution in [0.15, 0.2) is 18.2 Å². The van der Waals surface area contributed by atoms with Gasteiger partial charge < -0.3 is 14.8 Å². The summed E-state index contributed by atoms with van der Waals surface area (Å²) in [6, 6.07) is 4.74. The van der Waals surface area contributed by atoms with E-state index >= 15 is 0 Å². The molecular formula is C10H14N2O4. The number of nitrogens with zero attached hydrogens (tertiary/aromatic N) is 1. The van der Waals surface area contributed by atoms with Crippen LogP contribution < -0.4 is 14.8 Å². The second-order valence-corrected chi connectivity index (χ2v) is 3.02. The molecule has 0 aliphatic rings. The first kappa shape index (κ1) is 12.3. The molecule has 0 heterocycles. The van der Waals surface area contributed by atoms with Crippen LogP contribution in [0.5, 0.6) is 11.5 Å². The predicted octanol–water partition coefficient (Wildman–Crippen LogP) is 1.20. The third-order valence-electron chi connectivity index (χ3n) is 1.97. The summed E-state index contributed by atoms with van der Waals surface area (Å²) in [4.78, 5) is 10.4. The van der Waals surface area contributed by atoms with Gasteiger partial charge in [-0.05, 0) is 19.2 Å². The van der Waals surface area contributed by atoms with Crippen molar-refractivity contribution in [1.82, 2.24) is 5.32 Å². The molecule has 0 saturated heterocycles. The molecule has 0 bridgehead atoms. The second kappa shape index (κ2) is 5.92. The van der Waals surface area contributed by atoms with Gasteiger partial charge in [0, 0.05) is 6.54 Å². The SMILES string of the molecule is CNCCOc1cccc(OC)c1[N+](=O)[O-]. The number of likely N-dealkylation sites (N-methyl/N-ethyl adjacent to an activating group) is 1. The van der Waals surface area contributed by atoms with Crippen LogP contribution in [-0.2, 0) is 0 Å². The minimum atomic E-state index is -0.506. The Balaban J connectivity index is 2.93. The molecule has 1 rings (SSSR count). The highest BCUT2D eigenvalue weighted by Crippen LogP contribution is 2.36. The van der Waals surface area contributed by atoms with Crippen molar-refractivity contribution in [2.45, 2.75) is 0 Å². The van der Waals surface area contributed by atoms with Crippen LogP contribution in [0.3, 0.4) is 0 Å². The van der Waals surface area contributed by atoms with Crippen molar-refractivity contribution < 1.29 is 14.4 Å². The van der Waals surface area contributed by atoms with Gasteiger partial charge >= 0.3 is 5.69 Å². The molecule has 0 aliphatic carbocycles. The topological polar surface area (TPSA) is 73.6 Å². The average Bonchev–Trinajstić information content (AvgIpc) is 2.28. The van der Waals surface area contributed by atoms with Gasteiger partial charge in [0.15, 0.2) is 0 Å². The maximum Gasteiger partial charge on any atom is 0.352 e. The molecule has 0 spiro atoms. The first-order valence-corrected chi connectivity index (χ1v) is 4.79. The number of nitro groups is 1. The van der Waals surface area contributed by atoms with E-state index in [4.69, 9.17) is 9.47 Å². The van der Waals surface area contributed by atoms with Gasteiger partial charge in [-0.2, -0.15) is 0 Å². The molecule has 6 nitrogen and oxygen atoms in total. The lowest BCUT2D eigenvalue weighted by atomic mass is 10.2. The van der Waals surface area contributed by atoms with Crippen LogP contribution in [0.2, 0.25) is 0 Å². The molecule has 16 heavy (non-hydrogen) atoms. The number of nitrogens with one attached hydrogen (secondary N) is 1. The summed E-state index contributed by atoms with van der Waals surface area (Å²) in [5, 5.41) is 13.8. The quantitative estimate of drug-likeness (QED) is 0.448. The first-order chi connectivity index (χ1) is 7.70. The Kier molecular flexibility index (Phi) is 4.53. The summed E-state index contributed by atoms with van der Waals surface area (Å²) in [6.45, 7) is 0.985. The Morgan fingerprint density at radius 2 is 2.12 bits per heavy atom. The Labute approximate surface area is 93.3 Å². The average molecular weight is 226 g/mol. The fraction of sp³-hybridized carbons (Fsp3) is 0.400. The lowest BCUT2D eigenvalue weighted by molar-refractivity contribution is -0.386. The summed E-state index contributed by atoms with van der Waals surface area (Å²) < 4.78 is 10.2. The molecule has 0 aliphatic heterocycles. The molecule has 0 atom stereocenters. The molecule has 0 radical (unpaired) electrons. The van der Waals surface area contributed by atoms with Crippen molar-refractivity contribution in [2.75, 3.05) is 27.3 Å². The lowest BCUT2D eigenvalue weighted by Crippen LogP contribution is -2.16. The number of para-hydroxylation sites is 1. The summed E-state index contributed by atoms with van der Waals surface area (Å²) in [5.41, 5.74) is -0.138. The van der Waals surface area contributed by atoms with Crippen LogP contribution in [-0.4, -0.2) is 32.2 Å². The van der Waals surface area contributed by atoms with Crippen LogP contribution in [0.25, 0.3) is 0 Å². The third kappa shape index (κ3) is 2.83. The minimum Gasteiger partial charge on any atom is -0.490 e. The summed E-state index contributed by atoms with van der Waals surface area (Å²) >= 11 is 0. The molecule has 0 saturated carbocycles. The number of rotatable bonds is 6. The van der Waals surface area contributed by atoms with Crippen molar-refractivity contribution in [1.29, 1.82) is 0 Å². The van der Waals surface area contributed by atoms with Gasteiger partial charge in [0.2, 0.25) is 11.5 Å². The Hall–Kier alpha value is -1.82. The van der Waals surface area contributed by atoms with Gasteiger partial charge in [0.25, 0.3) is 0 Å². The van der Waals surface area contributed by atoms with Crippen molar-refractivity contribution in [3.8, 4) is 11.5 Å². The van der Waals surface area contributed by atoms with Gasteiger partial charge in [-0.15, -0.1) is 0 Å². The molecule has 0 aromatic heterocycles. The second-order valence-electron chi connectivity index (χ2n) is 3.02. The maximum absolute atomic E-state index is 10.9. The van der Waals surface area contributed by atoms with Gasteiger partial charge in [0.1, 0.15) is 6.61 Å². The largest absolute Gasteiger partial charge is 0.490 e. The van der Waals surface area contributed by atoms with E-state index in [1.807, 2.05) is 0 Å². The van der Waals surface area contributed by atoms with E-state index in [1.54, 1.807) is 19.2 Å². The Morgan fingerprint density at radius 3 is 2.69 bits per heavy atom. The highest BCUT2D eigenvalue weighted by molar-refractivity contribution is 5.57. The van der Waals surface area contributed by atoms with E-state index in [9.17, 15) is 10.1 Å². The number of methoxy groups -OCH3 is 1. The molecule has 0 fully saturated rings. The van der Waals surface area contributed by atoms with Crippen molar-refractivity contribution in [3.63, 3.8) is 0 Å². The van der Waals surface area contributed by atoms with E-state index in [0.29, 0.717) is 13.2 Å². The summed E-state index contributed by atoms with van der Waals surface area (Å²) in [6.07, 6.45) is 0. The molecule has 88 valence electrons. The van der Waals surface area contributed by atoms with Gasteiger partial charge in [-0.3, -0.25) is 10.1 Å². The maximum atomic E-state index is 10.9. The van der Waals surface area contributed by atoms with Crippen LogP contribution in [0.4, 0.5) is 5.69 Å². The third-order valence-corrected chi connectivity index (χ3v) is 1.97. The lowest BCUT2D eigenvalue weighted by Gasteiger charge is -2.08.